The summed E-state index contributed by atoms with van der Waals surface area (Å²) in [6.07, 6.45) is 10.3. The lowest BCUT2D eigenvalue weighted by Gasteiger charge is -2.36. The molecule has 0 radical (unpaired) electrons. The standard InChI is InChI=1S/C29H44NO3/c1-5-7-8-9-10-14-20-26-21-15-16-22-28(26)32-24-33-29(31)27(17-6-2)30(3,4)23-25-18-12-11-13-19-25/h11-13,15-16,18-19,21-22,27H,5-10,14,17,20,23-24H2,1-4H3/q+1. The summed E-state index contributed by atoms with van der Waals surface area (Å²) in [6, 6.07) is 18.2. The van der Waals surface area contributed by atoms with Crippen molar-refractivity contribution in [2.45, 2.75) is 84.2 Å². The molecule has 4 heteroatoms. The minimum Gasteiger partial charge on any atom is -0.457 e. The molecule has 0 heterocycles. The SMILES string of the molecule is CCCCCCCCc1ccccc1OCOC(=O)C(CCC)[N+](C)(C)Cc1ccccc1. The van der Waals surface area contributed by atoms with Crippen LogP contribution in [0.15, 0.2) is 54.6 Å². The molecule has 0 aliphatic carbocycles. The summed E-state index contributed by atoms with van der Waals surface area (Å²) in [7, 11) is 4.20. The van der Waals surface area contributed by atoms with Crippen molar-refractivity contribution in [3.8, 4) is 5.75 Å². The van der Waals surface area contributed by atoms with Gasteiger partial charge in [0.2, 0.25) is 6.79 Å². The van der Waals surface area contributed by atoms with Gasteiger partial charge < -0.3 is 14.0 Å². The van der Waals surface area contributed by atoms with E-state index in [4.69, 9.17) is 9.47 Å². The van der Waals surface area contributed by atoms with E-state index >= 15 is 0 Å². The molecule has 0 saturated heterocycles. The normalized spacial score (nSPS) is 12.4. The highest BCUT2D eigenvalue weighted by molar-refractivity contribution is 5.74. The molecule has 1 atom stereocenters. The Kier molecular flexibility index (Phi) is 12.0. The van der Waals surface area contributed by atoms with Crippen LogP contribution in [-0.2, 0) is 22.5 Å². The van der Waals surface area contributed by atoms with Gasteiger partial charge in [-0.25, -0.2) is 4.79 Å². The van der Waals surface area contributed by atoms with Crippen LogP contribution in [0.25, 0.3) is 0 Å². The number of quaternary nitrogens is 1. The van der Waals surface area contributed by atoms with Gasteiger partial charge in [0.1, 0.15) is 12.3 Å². The van der Waals surface area contributed by atoms with Gasteiger partial charge in [-0.1, -0.05) is 94.5 Å². The van der Waals surface area contributed by atoms with E-state index in [1.165, 1.54) is 43.2 Å². The number of benzene rings is 2. The summed E-state index contributed by atoms with van der Waals surface area (Å²) in [5, 5.41) is 0. The molecule has 0 N–H and O–H groups in total. The number of carbonyl (C=O) groups excluding carboxylic acids is 1. The Morgan fingerprint density at radius 1 is 0.848 bits per heavy atom. The Morgan fingerprint density at radius 2 is 1.52 bits per heavy atom. The molecule has 182 valence electrons. The summed E-state index contributed by atoms with van der Waals surface area (Å²) in [5.41, 5.74) is 2.41. The zero-order valence-electron chi connectivity index (χ0n) is 21.2. The molecule has 0 aliphatic heterocycles. The molecule has 0 aliphatic rings. The van der Waals surface area contributed by atoms with Gasteiger partial charge in [-0.15, -0.1) is 0 Å². The van der Waals surface area contributed by atoms with Crippen LogP contribution in [-0.4, -0.2) is 37.4 Å². The Balaban J connectivity index is 1.88. The first-order chi connectivity index (χ1) is 16.0. The summed E-state index contributed by atoms with van der Waals surface area (Å²) in [6.45, 7) is 5.09. The zero-order chi connectivity index (χ0) is 23.9. The summed E-state index contributed by atoms with van der Waals surface area (Å²) in [5.74, 6) is 0.634. The monoisotopic (exact) mass is 454 g/mol. The Labute approximate surface area is 201 Å². The van der Waals surface area contributed by atoms with E-state index < -0.39 is 0 Å². The fourth-order valence-corrected chi connectivity index (χ4v) is 4.38. The maximum Gasteiger partial charge on any atom is 0.367 e. The Morgan fingerprint density at radius 3 is 2.24 bits per heavy atom. The van der Waals surface area contributed by atoms with Crippen LogP contribution in [0.1, 0.15) is 76.3 Å². The third-order valence-electron chi connectivity index (χ3n) is 6.30. The molecule has 33 heavy (non-hydrogen) atoms. The molecule has 0 bridgehead atoms. The Bertz CT molecular complexity index is 804. The highest BCUT2D eigenvalue weighted by Gasteiger charge is 2.35. The fraction of sp³-hybridized carbons (Fsp3) is 0.552. The summed E-state index contributed by atoms with van der Waals surface area (Å²) in [4.78, 5) is 13.0. The van der Waals surface area contributed by atoms with Crippen LogP contribution in [0.5, 0.6) is 5.75 Å². The van der Waals surface area contributed by atoms with Crippen LogP contribution in [0.3, 0.4) is 0 Å². The topological polar surface area (TPSA) is 35.5 Å². The maximum absolute atomic E-state index is 13.0. The van der Waals surface area contributed by atoms with Crippen LogP contribution in [0, 0.1) is 0 Å². The van der Waals surface area contributed by atoms with Crippen molar-refractivity contribution in [2.24, 2.45) is 0 Å². The summed E-state index contributed by atoms with van der Waals surface area (Å²) < 4.78 is 12.1. The number of rotatable bonds is 16. The van der Waals surface area contributed by atoms with Crippen LogP contribution in [0.2, 0.25) is 0 Å². The van der Waals surface area contributed by atoms with Gasteiger partial charge in [0, 0.05) is 12.0 Å². The van der Waals surface area contributed by atoms with Gasteiger partial charge in [0.15, 0.2) is 6.04 Å². The van der Waals surface area contributed by atoms with Gasteiger partial charge in [0.05, 0.1) is 14.1 Å². The number of para-hydroxylation sites is 1. The lowest BCUT2D eigenvalue weighted by Crippen LogP contribution is -2.53. The lowest BCUT2D eigenvalue weighted by atomic mass is 10.0. The molecule has 0 aromatic heterocycles. The minimum absolute atomic E-state index is 0.0438. The van der Waals surface area contributed by atoms with E-state index in [1.807, 2.05) is 36.4 Å². The van der Waals surface area contributed by atoms with E-state index in [2.05, 4.69) is 46.1 Å². The van der Waals surface area contributed by atoms with E-state index in [-0.39, 0.29) is 18.8 Å². The first-order valence-electron chi connectivity index (χ1n) is 12.7. The van der Waals surface area contributed by atoms with Crippen molar-refractivity contribution in [3.05, 3.63) is 65.7 Å². The number of nitrogens with zero attached hydrogens (tertiary/aromatic N) is 1. The second-order valence-electron chi connectivity index (χ2n) is 9.58. The molecule has 0 amide bonds. The number of ether oxygens (including phenoxy) is 2. The Hall–Kier alpha value is -2.33. The first kappa shape index (κ1) is 26.9. The van der Waals surface area contributed by atoms with Crippen molar-refractivity contribution >= 4 is 5.97 Å². The van der Waals surface area contributed by atoms with Gasteiger partial charge in [0.25, 0.3) is 0 Å². The smallest absolute Gasteiger partial charge is 0.367 e. The minimum atomic E-state index is -0.225. The molecule has 2 aromatic carbocycles. The van der Waals surface area contributed by atoms with Crippen molar-refractivity contribution in [3.63, 3.8) is 0 Å². The number of hydrogen-bond acceptors (Lipinski definition) is 3. The fourth-order valence-electron chi connectivity index (χ4n) is 4.38. The second-order valence-corrected chi connectivity index (χ2v) is 9.58. The van der Waals surface area contributed by atoms with Gasteiger partial charge in [-0.3, -0.25) is 0 Å². The maximum atomic E-state index is 13.0. The number of aryl methyl sites for hydroxylation is 1. The third-order valence-corrected chi connectivity index (χ3v) is 6.30. The van der Waals surface area contributed by atoms with Gasteiger partial charge >= 0.3 is 5.97 Å². The highest BCUT2D eigenvalue weighted by atomic mass is 16.7. The van der Waals surface area contributed by atoms with E-state index in [0.717, 1.165) is 38.0 Å². The largest absolute Gasteiger partial charge is 0.457 e. The van der Waals surface area contributed by atoms with Crippen LogP contribution in [0.4, 0.5) is 0 Å². The average Bonchev–Trinajstić information content (AvgIpc) is 2.80. The van der Waals surface area contributed by atoms with Crippen molar-refractivity contribution in [2.75, 3.05) is 20.9 Å². The van der Waals surface area contributed by atoms with E-state index in [1.54, 1.807) is 0 Å². The molecule has 1 unspecified atom stereocenters. The number of hydrogen-bond donors (Lipinski definition) is 0. The molecular weight excluding hydrogens is 410 g/mol. The van der Waals surface area contributed by atoms with Crippen molar-refractivity contribution < 1.29 is 18.8 Å². The third kappa shape index (κ3) is 9.59. The molecular formula is C29H44NO3+. The van der Waals surface area contributed by atoms with E-state index in [9.17, 15) is 4.79 Å². The molecule has 0 saturated carbocycles. The predicted octanol–water partition coefficient (Wildman–Crippen LogP) is 6.91. The number of unbranched alkanes of at least 4 members (excludes halogenated alkanes) is 5. The first-order valence-corrected chi connectivity index (χ1v) is 12.7. The van der Waals surface area contributed by atoms with Crippen LogP contribution < -0.4 is 4.74 Å². The average molecular weight is 455 g/mol. The van der Waals surface area contributed by atoms with Crippen molar-refractivity contribution in [1.29, 1.82) is 0 Å². The van der Waals surface area contributed by atoms with Crippen molar-refractivity contribution in [1.82, 2.24) is 0 Å². The number of esters is 1. The van der Waals surface area contributed by atoms with Gasteiger partial charge in [-0.2, -0.15) is 0 Å². The molecule has 0 spiro atoms. The summed E-state index contributed by atoms with van der Waals surface area (Å²) >= 11 is 0. The highest BCUT2D eigenvalue weighted by Crippen LogP contribution is 2.22. The van der Waals surface area contributed by atoms with E-state index in [0.29, 0.717) is 4.48 Å². The van der Waals surface area contributed by atoms with Gasteiger partial charge in [-0.05, 0) is 30.9 Å². The molecule has 2 aromatic rings. The number of carbonyl (C=O) groups is 1. The lowest BCUT2D eigenvalue weighted by molar-refractivity contribution is -0.920. The quantitative estimate of drug-likeness (QED) is 0.120. The molecule has 2 rings (SSSR count). The molecule has 4 nitrogen and oxygen atoms in total. The number of likely N-dealkylation sites (N-methyl/N-ethyl adjacent to an activating group) is 1. The molecule has 0 fully saturated rings. The zero-order valence-corrected chi connectivity index (χ0v) is 21.2. The second kappa shape index (κ2) is 14.7. The van der Waals surface area contributed by atoms with Crippen LogP contribution >= 0.6 is 0 Å². The predicted molar refractivity (Wildman–Crippen MR) is 136 cm³/mol.